The van der Waals surface area contributed by atoms with Crippen molar-refractivity contribution in [1.29, 1.82) is 0 Å². The van der Waals surface area contributed by atoms with E-state index in [0.717, 1.165) is 0 Å². The third kappa shape index (κ3) is 2.23. The number of azo groups is 1. The molecule has 2 aromatic heterocycles. The van der Waals surface area contributed by atoms with Gasteiger partial charge in [-0.25, -0.2) is 9.37 Å². The first-order valence-electron chi connectivity index (χ1n) is 5.98. The molecule has 0 aliphatic rings. The van der Waals surface area contributed by atoms with E-state index in [1.165, 1.54) is 24.4 Å². The van der Waals surface area contributed by atoms with Gasteiger partial charge in [0.25, 0.3) is 0 Å². The maximum absolute atomic E-state index is 13.3. The molecule has 3 aromatic rings. The number of hydrogen-bond donors (Lipinski definition) is 1. The van der Waals surface area contributed by atoms with E-state index in [9.17, 15) is 9.50 Å². The van der Waals surface area contributed by atoms with Crippen LogP contribution in [0.2, 0.25) is 0 Å². The monoisotopic (exact) mass is 270 g/mol. The second-order valence-corrected chi connectivity index (χ2v) is 4.31. The summed E-state index contributed by atoms with van der Waals surface area (Å²) >= 11 is 0. The predicted octanol–water partition coefficient (Wildman–Crippen LogP) is 3.90. The van der Waals surface area contributed by atoms with Gasteiger partial charge >= 0.3 is 0 Å². The molecule has 5 nitrogen and oxygen atoms in total. The summed E-state index contributed by atoms with van der Waals surface area (Å²) in [6.07, 6.45) is 1.32. The zero-order valence-electron chi connectivity index (χ0n) is 10.7. The van der Waals surface area contributed by atoms with Crippen molar-refractivity contribution in [2.75, 3.05) is 0 Å². The number of benzene rings is 1. The molecule has 1 N–H and O–H groups in total. The molecule has 0 amide bonds. The molecular weight excluding hydrogens is 259 g/mol. The maximum Gasteiger partial charge on any atom is 0.182 e. The summed E-state index contributed by atoms with van der Waals surface area (Å²) in [4.78, 5) is 4.28. The number of rotatable bonds is 2. The van der Waals surface area contributed by atoms with Crippen molar-refractivity contribution < 1.29 is 9.50 Å². The highest BCUT2D eigenvalue weighted by atomic mass is 19.1. The summed E-state index contributed by atoms with van der Waals surface area (Å²) < 4.78 is 14.8. The molecule has 0 saturated carbocycles. The van der Waals surface area contributed by atoms with Crippen LogP contribution in [0, 0.1) is 12.7 Å². The molecule has 0 unspecified atom stereocenters. The Labute approximate surface area is 114 Å². The van der Waals surface area contributed by atoms with Crippen molar-refractivity contribution >= 4 is 17.2 Å². The van der Waals surface area contributed by atoms with Crippen LogP contribution in [0.25, 0.3) is 5.65 Å². The first-order chi connectivity index (χ1) is 9.63. The number of phenols is 1. The number of aryl methyl sites for hydroxylation is 1. The molecule has 0 fully saturated rings. The topological polar surface area (TPSA) is 62.2 Å². The molecule has 3 rings (SSSR count). The van der Waals surface area contributed by atoms with E-state index in [2.05, 4.69) is 15.2 Å². The van der Waals surface area contributed by atoms with Crippen LogP contribution >= 0.6 is 0 Å². The summed E-state index contributed by atoms with van der Waals surface area (Å²) in [6.45, 7) is 1.79. The van der Waals surface area contributed by atoms with Crippen LogP contribution in [-0.4, -0.2) is 14.5 Å². The van der Waals surface area contributed by atoms with E-state index in [1.807, 2.05) is 0 Å². The number of aromatic nitrogens is 2. The summed E-state index contributed by atoms with van der Waals surface area (Å²) in [6, 6.07) is 9.26. The number of fused-ring (bicyclic) bond motifs is 1. The molecule has 0 aliphatic carbocycles. The maximum atomic E-state index is 13.3. The SMILES string of the molecule is Cc1nc2ccc(F)cn2c1N=Nc1ccc(O)cc1. The average Bonchev–Trinajstić information content (AvgIpc) is 2.73. The molecule has 2 heterocycles. The third-order valence-electron chi connectivity index (χ3n) is 2.83. The Kier molecular flexibility index (Phi) is 2.90. The minimum absolute atomic E-state index is 0.164. The van der Waals surface area contributed by atoms with Gasteiger partial charge in [0.05, 0.1) is 11.4 Å². The lowest BCUT2D eigenvalue weighted by molar-refractivity contribution is 0.475. The first-order valence-corrected chi connectivity index (χ1v) is 5.98. The standard InChI is InChI=1S/C14H11FN4O/c1-9-14(18-17-11-3-5-12(20)6-4-11)19-8-10(15)2-7-13(19)16-9/h2-8,20H,1H3. The highest BCUT2D eigenvalue weighted by Gasteiger charge is 2.08. The smallest absolute Gasteiger partial charge is 0.182 e. The molecular formula is C14H11FN4O. The zero-order chi connectivity index (χ0) is 14.1. The molecule has 1 aromatic carbocycles. The number of hydrogen-bond acceptors (Lipinski definition) is 4. The summed E-state index contributed by atoms with van der Waals surface area (Å²) in [5.41, 5.74) is 1.87. The second kappa shape index (κ2) is 4.73. The summed E-state index contributed by atoms with van der Waals surface area (Å²) in [5.74, 6) is 0.278. The Morgan fingerprint density at radius 2 is 1.85 bits per heavy atom. The minimum Gasteiger partial charge on any atom is -0.508 e. The van der Waals surface area contributed by atoms with Gasteiger partial charge in [-0.3, -0.25) is 4.40 Å². The van der Waals surface area contributed by atoms with E-state index in [0.29, 0.717) is 22.8 Å². The van der Waals surface area contributed by atoms with Crippen LogP contribution in [0.5, 0.6) is 5.75 Å². The molecule has 0 aliphatic heterocycles. The van der Waals surface area contributed by atoms with Gasteiger partial charge in [-0.05, 0) is 43.3 Å². The van der Waals surface area contributed by atoms with Crippen LogP contribution in [0.1, 0.15) is 5.69 Å². The lowest BCUT2D eigenvalue weighted by atomic mass is 10.3. The zero-order valence-corrected chi connectivity index (χ0v) is 10.7. The van der Waals surface area contributed by atoms with E-state index in [4.69, 9.17) is 0 Å². The van der Waals surface area contributed by atoms with E-state index in [-0.39, 0.29) is 11.6 Å². The van der Waals surface area contributed by atoms with E-state index in [1.54, 1.807) is 29.5 Å². The van der Waals surface area contributed by atoms with Crippen molar-refractivity contribution in [1.82, 2.24) is 9.38 Å². The number of aromatic hydroxyl groups is 1. The lowest BCUT2D eigenvalue weighted by Gasteiger charge is -1.97. The highest BCUT2D eigenvalue weighted by molar-refractivity contribution is 5.52. The quantitative estimate of drug-likeness (QED) is 0.718. The van der Waals surface area contributed by atoms with Gasteiger partial charge in [0, 0.05) is 6.20 Å². The van der Waals surface area contributed by atoms with Gasteiger partial charge in [0.15, 0.2) is 5.82 Å². The largest absolute Gasteiger partial charge is 0.508 e. The Morgan fingerprint density at radius 1 is 1.10 bits per heavy atom. The van der Waals surface area contributed by atoms with Crippen molar-refractivity contribution in [3.63, 3.8) is 0 Å². The van der Waals surface area contributed by atoms with Gasteiger partial charge in [0.2, 0.25) is 0 Å². The summed E-state index contributed by atoms with van der Waals surface area (Å²) in [5, 5.41) is 17.4. The van der Waals surface area contributed by atoms with Gasteiger partial charge < -0.3 is 5.11 Å². The van der Waals surface area contributed by atoms with Gasteiger partial charge in [-0.1, -0.05) is 0 Å². The van der Waals surface area contributed by atoms with Crippen molar-refractivity contribution in [3.05, 3.63) is 54.1 Å². The average molecular weight is 270 g/mol. The number of pyridine rings is 1. The van der Waals surface area contributed by atoms with Crippen LogP contribution < -0.4 is 0 Å². The Bertz CT molecular complexity index is 793. The van der Waals surface area contributed by atoms with Gasteiger partial charge in [-0.15, -0.1) is 10.2 Å². The second-order valence-electron chi connectivity index (χ2n) is 4.31. The molecule has 0 atom stereocenters. The fourth-order valence-corrected chi connectivity index (χ4v) is 1.87. The Morgan fingerprint density at radius 3 is 2.60 bits per heavy atom. The predicted molar refractivity (Wildman–Crippen MR) is 72.2 cm³/mol. The summed E-state index contributed by atoms with van der Waals surface area (Å²) in [7, 11) is 0. The van der Waals surface area contributed by atoms with Crippen LogP contribution in [0.4, 0.5) is 15.9 Å². The molecule has 20 heavy (non-hydrogen) atoms. The molecule has 6 heteroatoms. The van der Waals surface area contributed by atoms with Crippen LogP contribution in [0.15, 0.2) is 52.8 Å². The van der Waals surface area contributed by atoms with E-state index >= 15 is 0 Å². The normalized spacial score (nSPS) is 11.5. The van der Waals surface area contributed by atoms with Gasteiger partial charge in [0.1, 0.15) is 17.2 Å². The number of imidazole rings is 1. The van der Waals surface area contributed by atoms with Crippen molar-refractivity contribution in [3.8, 4) is 5.75 Å². The Hall–Kier alpha value is -2.76. The fraction of sp³-hybridized carbons (Fsp3) is 0.0714. The van der Waals surface area contributed by atoms with E-state index < -0.39 is 0 Å². The fourth-order valence-electron chi connectivity index (χ4n) is 1.87. The minimum atomic E-state index is -0.365. The highest BCUT2D eigenvalue weighted by Crippen LogP contribution is 2.24. The lowest BCUT2D eigenvalue weighted by Crippen LogP contribution is -1.85. The van der Waals surface area contributed by atoms with Crippen molar-refractivity contribution in [2.45, 2.75) is 6.92 Å². The molecule has 0 radical (unpaired) electrons. The molecule has 0 saturated heterocycles. The third-order valence-corrected chi connectivity index (χ3v) is 2.83. The van der Waals surface area contributed by atoms with Crippen molar-refractivity contribution in [2.24, 2.45) is 10.2 Å². The van der Waals surface area contributed by atoms with Crippen LogP contribution in [-0.2, 0) is 0 Å². The first kappa shape index (κ1) is 12.3. The van der Waals surface area contributed by atoms with Crippen LogP contribution in [0.3, 0.4) is 0 Å². The molecule has 0 bridgehead atoms. The Balaban J connectivity index is 2.03. The number of halogens is 1. The number of phenolic OH excluding ortho intramolecular Hbond substituents is 1. The van der Waals surface area contributed by atoms with Gasteiger partial charge in [-0.2, -0.15) is 0 Å². The number of nitrogens with zero attached hydrogens (tertiary/aromatic N) is 4. The molecule has 100 valence electrons. The molecule has 0 spiro atoms.